The molecule has 22 heavy (non-hydrogen) atoms. The van der Waals surface area contributed by atoms with Crippen molar-refractivity contribution in [2.24, 2.45) is 0 Å². The highest BCUT2D eigenvalue weighted by atomic mass is 16.3. The van der Waals surface area contributed by atoms with Crippen molar-refractivity contribution in [2.45, 2.75) is 32.9 Å². The van der Waals surface area contributed by atoms with Gasteiger partial charge in [0, 0.05) is 0 Å². The molecule has 3 rings (SSSR count). The predicted molar refractivity (Wildman–Crippen MR) is 83.3 cm³/mol. The molecule has 0 bridgehead atoms. The summed E-state index contributed by atoms with van der Waals surface area (Å²) in [5.74, 6) is 1.17. The summed E-state index contributed by atoms with van der Waals surface area (Å²) in [4.78, 5) is 0. The van der Waals surface area contributed by atoms with Gasteiger partial charge in [-0.25, -0.2) is 4.68 Å². The molecular formula is C17H19N3O2. The molecule has 114 valence electrons. The third-order valence-corrected chi connectivity index (χ3v) is 3.69. The number of aromatic nitrogens is 3. The number of hydrogen-bond donors (Lipinski definition) is 1. The van der Waals surface area contributed by atoms with Crippen molar-refractivity contribution in [1.82, 2.24) is 15.0 Å². The summed E-state index contributed by atoms with van der Waals surface area (Å²) in [7, 11) is 0. The van der Waals surface area contributed by atoms with Crippen molar-refractivity contribution in [1.29, 1.82) is 0 Å². The summed E-state index contributed by atoms with van der Waals surface area (Å²) in [6, 6.07) is 12.1. The fourth-order valence-corrected chi connectivity index (χ4v) is 2.43. The Morgan fingerprint density at radius 2 is 1.95 bits per heavy atom. The summed E-state index contributed by atoms with van der Waals surface area (Å²) in [6.07, 6.45) is 1.60. The van der Waals surface area contributed by atoms with Crippen LogP contribution >= 0.6 is 0 Å². The fourth-order valence-electron chi connectivity index (χ4n) is 2.43. The summed E-state index contributed by atoms with van der Waals surface area (Å²) in [5.41, 5.74) is 3.69. The SMILES string of the molecule is CC(C)c1ccc(Cn2nnc(CO)c2-c2ccco2)cc1. The Bertz CT molecular complexity index is 728. The summed E-state index contributed by atoms with van der Waals surface area (Å²) < 4.78 is 7.20. The molecule has 0 radical (unpaired) electrons. The Hall–Kier alpha value is -2.40. The van der Waals surface area contributed by atoms with Gasteiger partial charge in [0.25, 0.3) is 0 Å². The van der Waals surface area contributed by atoms with Crippen LogP contribution in [0.4, 0.5) is 0 Å². The second-order valence-electron chi connectivity index (χ2n) is 5.57. The van der Waals surface area contributed by atoms with Gasteiger partial charge in [0.2, 0.25) is 0 Å². The molecule has 0 aliphatic rings. The van der Waals surface area contributed by atoms with Crippen LogP contribution in [0.2, 0.25) is 0 Å². The van der Waals surface area contributed by atoms with Crippen LogP contribution in [-0.2, 0) is 13.2 Å². The smallest absolute Gasteiger partial charge is 0.153 e. The maximum absolute atomic E-state index is 9.44. The van der Waals surface area contributed by atoms with E-state index in [1.165, 1.54) is 5.56 Å². The molecule has 0 aliphatic carbocycles. The van der Waals surface area contributed by atoms with E-state index in [0.29, 0.717) is 23.9 Å². The number of furan rings is 1. The van der Waals surface area contributed by atoms with Crippen LogP contribution in [0, 0.1) is 0 Å². The van der Waals surface area contributed by atoms with Gasteiger partial charge in [0.15, 0.2) is 5.76 Å². The fraction of sp³-hybridized carbons (Fsp3) is 0.294. The maximum atomic E-state index is 9.44. The Morgan fingerprint density at radius 3 is 2.55 bits per heavy atom. The second-order valence-corrected chi connectivity index (χ2v) is 5.57. The highest BCUT2D eigenvalue weighted by Crippen LogP contribution is 2.24. The van der Waals surface area contributed by atoms with Gasteiger partial charge in [0.1, 0.15) is 11.4 Å². The number of aliphatic hydroxyl groups is 1. The molecule has 2 heterocycles. The van der Waals surface area contributed by atoms with Crippen LogP contribution in [0.3, 0.4) is 0 Å². The van der Waals surface area contributed by atoms with E-state index in [9.17, 15) is 5.11 Å². The highest BCUT2D eigenvalue weighted by Gasteiger charge is 2.16. The van der Waals surface area contributed by atoms with Gasteiger partial charge in [-0.1, -0.05) is 43.3 Å². The number of nitrogens with zero attached hydrogens (tertiary/aromatic N) is 3. The number of hydrogen-bond acceptors (Lipinski definition) is 4. The molecule has 0 spiro atoms. The van der Waals surface area contributed by atoms with E-state index in [1.807, 2.05) is 12.1 Å². The van der Waals surface area contributed by atoms with Crippen molar-refractivity contribution in [3.05, 3.63) is 59.5 Å². The second kappa shape index (κ2) is 6.15. The Labute approximate surface area is 129 Å². The highest BCUT2D eigenvalue weighted by molar-refractivity contribution is 5.55. The van der Waals surface area contributed by atoms with Gasteiger partial charge in [-0.05, 0) is 29.2 Å². The van der Waals surface area contributed by atoms with Crippen molar-refractivity contribution in [3.63, 3.8) is 0 Å². The van der Waals surface area contributed by atoms with Crippen molar-refractivity contribution >= 4 is 0 Å². The van der Waals surface area contributed by atoms with Crippen LogP contribution in [0.25, 0.3) is 11.5 Å². The Kier molecular flexibility index (Phi) is 4.06. The summed E-state index contributed by atoms with van der Waals surface area (Å²) in [5, 5.41) is 17.6. The lowest BCUT2D eigenvalue weighted by molar-refractivity contribution is 0.277. The lowest BCUT2D eigenvalue weighted by Gasteiger charge is -2.08. The van der Waals surface area contributed by atoms with Gasteiger partial charge in [-0.2, -0.15) is 0 Å². The van der Waals surface area contributed by atoms with Crippen LogP contribution in [-0.4, -0.2) is 20.1 Å². The molecule has 0 aliphatic heterocycles. The van der Waals surface area contributed by atoms with E-state index in [-0.39, 0.29) is 6.61 Å². The van der Waals surface area contributed by atoms with E-state index < -0.39 is 0 Å². The summed E-state index contributed by atoms with van der Waals surface area (Å²) >= 11 is 0. The first kappa shape index (κ1) is 14.5. The van der Waals surface area contributed by atoms with Gasteiger partial charge >= 0.3 is 0 Å². The zero-order valence-electron chi connectivity index (χ0n) is 12.7. The van der Waals surface area contributed by atoms with E-state index in [0.717, 1.165) is 11.3 Å². The lowest BCUT2D eigenvalue weighted by atomic mass is 10.0. The zero-order chi connectivity index (χ0) is 15.5. The molecule has 0 unspecified atom stereocenters. The average Bonchev–Trinajstić information content (AvgIpc) is 3.16. The molecule has 0 saturated heterocycles. The molecule has 5 nitrogen and oxygen atoms in total. The van der Waals surface area contributed by atoms with Crippen molar-refractivity contribution in [2.75, 3.05) is 0 Å². The molecule has 3 aromatic rings. The predicted octanol–water partition coefficient (Wildman–Crippen LogP) is 3.20. The first-order valence-electron chi connectivity index (χ1n) is 7.35. The third kappa shape index (κ3) is 2.80. The van der Waals surface area contributed by atoms with Gasteiger partial charge in [-0.15, -0.1) is 5.10 Å². The Morgan fingerprint density at radius 1 is 1.18 bits per heavy atom. The molecular weight excluding hydrogens is 278 g/mol. The zero-order valence-corrected chi connectivity index (χ0v) is 12.7. The maximum Gasteiger partial charge on any atom is 0.153 e. The van der Waals surface area contributed by atoms with Gasteiger partial charge < -0.3 is 9.52 Å². The molecule has 0 amide bonds. The summed E-state index contributed by atoms with van der Waals surface area (Å²) in [6.45, 7) is 4.77. The van der Waals surface area contributed by atoms with Crippen molar-refractivity contribution < 1.29 is 9.52 Å². The minimum absolute atomic E-state index is 0.164. The van der Waals surface area contributed by atoms with E-state index in [2.05, 4.69) is 48.4 Å². The van der Waals surface area contributed by atoms with Crippen LogP contribution in [0.15, 0.2) is 47.1 Å². The number of rotatable bonds is 5. The molecule has 0 atom stereocenters. The minimum Gasteiger partial charge on any atom is -0.463 e. The van der Waals surface area contributed by atoms with Crippen LogP contribution in [0.5, 0.6) is 0 Å². The largest absolute Gasteiger partial charge is 0.463 e. The van der Waals surface area contributed by atoms with E-state index in [4.69, 9.17) is 4.42 Å². The number of benzene rings is 1. The van der Waals surface area contributed by atoms with Gasteiger partial charge in [0.05, 0.1) is 19.4 Å². The normalized spacial score (nSPS) is 11.3. The molecule has 0 saturated carbocycles. The van der Waals surface area contributed by atoms with Crippen molar-refractivity contribution in [3.8, 4) is 11.5 Å². The van der Waals surface area contributed by atoms with E-state index in [1.54, 1.807) is 10.9 Å². The monoisotopic (exact) mass is 297 g/mol. The van der Waals surface area contributed by atoms with Crippen LogP contribution in [0.1, 0.15) is 36.6 Å². The van der Waals surface area contributed by atoms with E-state index >= 15 is 0 Å². The Balaban J connectivity index is 1.91. The quantitative estimate of drug-likeness (QED) is 0.785. The standard InChI is InChI=1S/C17H19N3O2/c1-12(2)14-7-5-13(6-8-14)10-20-17(15(11-21)18-19-20)16-4-3-9-22-16/h3-9,12,21H,10-11H2,1-2H3. The van der Waals surface area contributed by atoms with Gasteiger partial charge in [-0.3, -0.25) is 0 Å². The first-order valence-corrected chi connectivity index (χ1v) is 7.35. The molecule has 5 heteroatoms. The lowest BCUT2D eigenvalue weighted by Crippen LogP contribution is -2.04. The topological polar surface area (TPSA) is 64.1 Å². The molecule has 1 aromatic carbocycles. The first-order chi connectivity index (χ1) is 10.7. The average molecular weight is 297 g/mol. The number of aliphatic hydroxyl groups excluding tert-OH is 1. The van der Waals surface area contributed by atoms with Crippen LogP contribution < -0.4 is 0 Å². The molecule has 2 aromatic heterocycles. The third-order valence-electron chi connectivity index (χ3n) is 3.69. The molecule has 0 fully saturated rings. The molecule has 1 N–H and O–H groups in total. The minimum atomic E-state index is -0.164.